The minimum atomic E-state index is -0.293. The van der Waals surface area contributed by atoms with Gasteiger partial charge in [-0.25, -0.2) is 4.39 Å². The second-order valence-electron chi connectivity index (χ2n) is 4.23. The predicted molar refractivity (Wildman–Crippen MR) is 68.5 cm³/mol. The fraction of sp³-hybridized carbons (Fsp3) is 0.500. The standard InChI is InChI=1S/C12H15ClFNS/c13-11-6-10(14)2-1-8(11)5-12(15)9-3-4-16-7-9/h1-2,6,9,12H,3-5,7,15H2. The molecule has 0 spiro atoms. The topological polar surface area (TPSA) is 26.0 Å². The highest BCUT2D eigenvalue weighted by atomic mass is 35.5. The van der Waals surface area contributed by atoms with Crippen molar-refractivity contribution in [3.63, 3.8) is 0 Å². The Morgan fingerprint density at radius 3 is 3.00 bits per heavy atom. The summed E-state index contributed by atoms with van der Waals surface area (Å²) in [5.74, 6) is 2.63. The molecule has 2 atom stereocenters. The van der Waals surface area contributed by atoms with E-state index in [1.165, 1.54) is 24.3 Å². The third-order valence-electron chi connectivity index (χ3n) is 3.04. The van der Waals surface area contributed by atoms with Crippen LogP contribution in [0, 0.1) is 11.7 Å². The van der Waals surface area contributed by atoms with Crippen LogP contribution in [0.25, 0.3) is 0 Å². The van der Waals surface area contributed by atoms with E-state index in [4.69, 9.17) is 17.3 Å². The highest BCUT2D eigenvalue weighted by Gasteiger charge is 2.23. The molecule has 0 aromatic heterocycles. The van der Waals surface area contributed by atoms with Gasteiger partial charge in [0, 0.05) is 11.1 Å². The van der Waals surface area contributed by atoms with Gasteiger partial charge in [-0.05, 0) is 48.0 Å². The van der Waals surface area contributed by atoms with E-state index in [1.54, 1.807) is 6.07 Å². The molecule has 0 amide bonds. The summed E-state index contributed by atoms with van der Waals surface area (Å²) in [6, 6.07) is 4.67. The van der Waals surface area contributed by atoms with Crippen molar-refractivity contribution >= 4 is 23.4 Å². The quantitative estimate of drug-likeness (QED) is 0.903. The van der Waals surface area contributed by atoms with Gasteiger partial charge in [-0.15, -0.1) is 0 Å². The van der Waals surface area contributed by atoms with Crippen LogP contribution in [0.1, 0.15) is 12.0 Å². The van der Waals surface area contributed by atoms with Gasteiger partial charge in [-0.1, -0.05) is 17.7 Å². The van der Waals surface area contributed by atoms with Gasteiger partial charge in [0.05, 0.1) is 0 Å². The summed E-state index contributed by atoms with van der Waals surface area (Å²) in [5, 5.41) is 0.487. The zero-order valence-corrected chi connectivity index (χ0v) is 10.5. The molecule has 0 radical (unpaired) electrons. The highest BCUT2D eigenvalue weighted by molar-refractivity contribution is 7.99. The molecule has 1 aromatic rings. The van der Waals surface area contributed by atoms with E-state index in [1.807, 2.05) is 11.8 Å². The molecule has 2 N–H and O–H groups in total. The van der Waals surface area contributed by atoms with Crippen molar-refractivity contribution in [1.82, 2.24) is 0 Å². The Morgan fingerprint density at radius 1 is 1.56 bits per heavy atom. The van der Waals surface area contributed by atoms with E-state index in [9.17, 15) is 4.39 Å². The van der Waals surface area contributed by atoms with E-state index in [0.29, 0.717) is 10.9 Å². The summed E-state index contributed by atoms with van der Waals surface area (Å²) in [7, 11) is 0. The van der Waals surface area contributed by atoms with E-state index in [0.717, 1.165) is 17.7 Å². The van der Waals surface area contributed by atoms with Crippen LogP contribution in [-0.4, -0.2) is 17.5 Å². The monoisotopic (exact) mass is 259 g/mol. The van der Waals surface area contributed by atoms with E-state index in [-0.39, 0.29) is 11.9 Å². The smallest absolute Gasteiger partial charge is 0.124 e. The van der Waals surface area contributed by atoms with Gasteiger partial charge in [-0.2, -0.15) is 11.8 Å². The van der Waals surface area contributed by atoms with Crippen molar-refractivity contribution in [3.05, 3.63) is 34.6 Å². The predicted octanol–water partition coefficient (Wildman–Crippen LogP) is 3.10. The zero-order valence-electron chi connectivity index (χ0n) is 8.96. The molecule has 1 aliphatic heterocycles. The Morgan fingerprint density at radius 2 is 2.38 bits per heavy atom. The summed E-state index contributed by atoms with van der Waals surface area (Å²) >= 11 is 7.93. The Labute approximate surface area is 105 Å². The maximum Gasteiger partial charge on any atom is 0.124 e. The van der Waals surface area contributed by atoms with Crippen LogP contribution < -0.4 is 5.73 Å². The lowest BCUT2D eigenvalue weighted by molar-refractivity contribution is 0.462. The number of hydrogen-bond acceptors (Lipinski definition) is 2. The average Bonchev–Trinajstić information content (AvgIpc) is 2.75. The molecule has 1 aliphatic rings. The fourth-order valence-corrected chi connectivity index (χ4v) is 3.60. The van der Waals surface area contributed by atoms with Crippen LogP contribution in [0.15, 0.2) is 18.2 Å². The van der Waals surface area contributed by atoms with E-state index in [2.05, 4.69) is 0 Å². The summed E-state index contributed by atoms with van der Waals surface area (Å²) in [6.07, 6.45) is 1.93. The Bertz CT molecular complexity index is 366. The summed E-state index contributed by atoms with van der Waals surface area (Å²) < 4.78 is 12.9. The van der Waals surface area contributed by atoms with E-state index >= 15 is 0 Å². The van der Waals surface area contributed by atoms with Crippen LogP contribution >= 0.6 is 23.4 Å². The molecule has 0 aliphatic carbocycles. The van der Waals surface area contributed by atoms with Crippen LogP contribution in [0.4, 0.5) is 4.39 Å². The van der Waals surface area contributed by atoms with Gasteiger partial charge in [0.1, 0.15) is 5.82 Å². The molecule has 2 rings (SSSR count). The van der Waals surface area contributed by atoms with Gasteiger partial charge in [0.2, 0.25) is 0 Å². The Hall–Kier alpha value is -0.250. The van der Waals surface area contributed by atoms with Crippen molar-refractivity contribution < 1.29 is 4.39 Å². The fourth-order valence-electron chi connectivity index (χ4n) is 2.00. The lowest BCUT2D eigenvalue weighted by Gasteiger charge is -2.18. The lowest BCUT2D eigenvalue weighted by atomic mass is 9.94. The first kappa shape index (κ1) is 12.2. The lowest BCUT2D eigenvalue weighted by Crippen LogP contribution is -2.32. The number of benzene rings is 1. The maximum atomic E-state index is 12.9. The van der Waals surface area contributed by atoms with Crippen LogP contribution in [0.5, 0.6) is 0 Å². The van der Waals surface area contributed by atoms with Crippen LogP contribution in [-0.2, 0) is 6.42 Å². The SMILES string of the molecule is NC(Cc1ccc(F)cc1Cl)C1CCSC1. The molecule has 1 fully saturated rings. The molecule has 4 heteroatoms. The number of halogens is 2. The highest BCUT2D eigenvalue weighted by Crippen LogP contribution is 2.28. The molecule has 1 nitrogen and oxygen atoms in total. The van der Waals surface area contributed by atoms with Crippen molar-refractivity contribution in [2.45, 2.75) is 18.9 Å². The van der Waals surface area contributed by atoms with Crippen LogP contribution in [0.3, 0.4) is 0 Å². The first-order valence-corrected chi connectivity index (χ1v) is 6.97. The molecule has 1 saturated heterocycles. The van der Waals surface area contributed by atoms with Crippen molar-refractivity contribution in [3.8, 4) is 0 Å². The van der Waals surface area contributed by atoms with E-state index < -0.39 is 0 Å². The van der Waals surface area contributed by atoms with Crippen molar-refractivity contribution in [2.24, 2.45) is 11.7 Å². The zero-order chi connectivity index (χ0) is 11.5. The second-order valence-corrected chi connectivity index (χ2v) is 5.78. The number of thioether (sulfide) groups is 1. The molecular weight excluding hydrogens is 245 g/mol. The van der Waals surface area contributed by atoms with Crippen molar-refractivity contribution in [1.29, 1.82) is 0 Å². The van der Waals surface area contributed by atoms with Gasteiger partial charge >= 0.3 is 0 Å². The van der Waals surface area contributed by atoms with Gasteiger partial charge in [0.25, 0.3) is 0 Å². The largest absolute Gasteiger partial charge is 0.327 e. The molecule has 1 aromatic carbocycles. The Kier molecular flexibility index (Phi) is 4.11. The van der Waals surface area contributed by atoms with Gasteiger partial charge in [-0.3, -0.25) is 0 Å². The molecule has 0 saturated carbocycles. The van der Waals surface area contributed by atoms with Crippen molar-refractivity contribution in [2.75, 3.05) is 11.5 Å². The van der Waals surface area contributed by atoms with Crippen LogP contribution in [0.2, 0.25) is 5.02 Å². The molecule has 2 unspecified atom stereocenters. The number of nitrogens with two attached hydrogens (primary N) is 1. The minimum absolute atomic E-state index is 0.137. The number of rotatable bonds is 3. The average molecular weight is 260 g/mol. The maximum absolute atomic E-state index is 12.9. The second kappa shape index (κ2) is 5.39. The van der Waals surface area contributed by atoms with Gasteiger partial charge in [0.15, 0.2) is 0 Å². The first-order chi connectivity index (χ1) is 7.66. The summed E-state index contributed by atoms with van der Waals surface area (Å²) in [6.45, 7) is 0. The molecule has 88 valence electrons. The molecule has 0 bridgehead atoms. The summed E-state index contributed by atoms with van der Waals surface area (Å²) in [4.78, 5) is 0. The summed E-state index contributed by atoms with van der Waals surface area (Å²) in [5.41, 5.74) is 7.10. The first-order valence-electron chi connectivity index (χ1n) is 5.44. The molecule has 1 heterocycles. The molecule has 16 heavy (non-hydrogen) atoms. The Balaban J connectivity index is 2.02. The van der Waals surface area contributed by atoms with Gasteiger partial charge < -0.3 is 5.73 Å². The third-order valence-corrected chi connectivity index (χ3v) is 4.58. The third kappa shape index (κ3) is 2.90. The number of hydrogen-bond donors (Lipinski definition) is 1. The minimum Gasteiger partial charge on any atom is -0.327 e. The normalized spacial score (nSPS) is 22.3. The molecular formula is C12H15ClFNS.